The molecule has 14 heavy (non-hydrogen) atoms. The van der Waals surface area contributed by atoms with Crippen molar-refractivity contribution < 1.29 is 14.8 Å². The maximum absolute atomic E-state index is 8.83. The summed E-state index contributed by atoms with van der Waals surface area (Å²) in [5, 5.41) is 17.7. The largest absolute Gasteiger partial charge is 0.490 e. The van der Waals surface area contributed by atoms with E-state index in [1.165, 1.54) is 0 Å². The molecule has 0 saturated heterocycles. The Hall–Kier alpha value is -1.26. The van der Waals surface area contributed by atoms with Crippen LogP contribution in [0.5, 0.6) is 5.75 Å². The highest BCUT2D eigenvalue weighted by Crippen LogP contribution is 2.07. The number of ether oxygens (including phenoxy) is 1. The van der Waals surface area contributed by atoms with E-state index >= 15 is 0 Å². The van der Waals surface area contributed by atoms with Gasteiger partial charge in [0.2, 0.25) is 0 Å². The number of benzene rings is 1. The fourth-order valence-electron chi connectivity index (χ4n) is 0.977. The molecule has 0 spiro atoms. The summed E-state index contributed by atoms with van der Waals surface area (Å²) in [6.45, 7) is 2.45. The predicted molar refractivity (Wildman–Crippen MR) is 56.6 cm³/mol. The molecule has 0 amide bonds. The van der Waals surface area contributed by atoms with Crippen LogP contribution in [0.4, 0.5) is 0 Å². The third-order valence-corrected chi connectivity index (χ3v) is 1.76. The highest BCUT2D eigenvalue weighted by atomic mass is 16.5. The zero-order valence-electron chi connectivity index (χ0n) is 8.05. The van der Waals surface area contributed by atoms with Crippen LogP contribution < -0.4 is 10.2 Å². The van der Waals surface area contributed by atoms with Crippen LogP contribution in [0, 0.1) is 0 Å². The van der Waals surface area contributed by atoms with Crippen molar-refractivity contribution in [3.8, 4) is 5.75 Å². The van der Waals surface area contributed by atoms with Crippen LogP contribution in [0.1, 0.15) is 6.92 Å². The molecular formula is C10H13BO3. The number of allylic oxidation sites excluding steroid dienone is 1. The van der Waals surface area contributed by atoms with Gasteiger partial charge in [-0.05, 0) is 24.5 Å². The predicted octanol–water partition coefficient (Wildman–Crippen LogP) is 0.321. The molecule has 0 heterocycles. The molecule has 0 aliphatic carbocycles. The van der Waals surface area contributed by atoms with Gasteiger partial charge < -0.3 is 14.8 Å². The molecule has 3 nitrogen and oxygen atoms in total. The number of hydrogen-bond donors (Lipinski definition) is 2. The fourth-order valence-corrected chi connectivity index (χ4v) is 0.977. The molecule has 2 N–H and O–H groups in total. The Morgan fingerprint density at radius 2 is 1.93 bits per heavy atom. The second-order valence-electron chi connectivity index (χ2n) is 2.82. The van der Waals surface area contributed by atoms with E-state index in [1.54, 1.807) is 24.3 Å². The molecule has 0 aliphatic heterocycles. The van der Waals surface area contributed by atoms with E-state index < -0.39 is 7.12 Å². The second-order valence-corrected chi connectivity index (χ2v) is 2.82. The molecule has 1 aromatic rings. The van der Waals surface area contributed by atoms with Crippen molar-refractivity contribution in [2.24, 2.45) is 0 Å². The lowest BCUT2D eigenvalue weighted by Gasteiger charge is -2.04. The lowest BCUT2D eigenvalue weighted by atomic mass is 9.80. The van der Waals surface area contributed by atoms with E-state index in [2.05, 4.69) is 0 Å². The quantitative estimate of drug-likeness (QED) is 0.533. The van der Waals surface area contributed by atoms with Crippen LogP contribution in [0.2, 0.25) is 0 Å². The van der Waals surface area contributed by atoms with Gasteiger partial charge in [-0.15, -0.1) is 0 Å². The van der Waals surface area contributed by atoms with Crippen LogP contribution in [-0.2, 0) is 0 Å². The summed E-state index contributed by atoms with van der Waals surface area (Å²) in [4.78, 5) is 0. The SMILES string of the molecule is C/C=C\COc1ccc(B(O)O)cc1. The van der Waals surface area contributed by atoms with Gasteiger partial charge >= 0.3 is 7.12 Å². The molecule has 74 valence electrons. The summed E-state index contributed by atoms with van der Waals surface area (Å²) in [5.41, 5.74) is 0.461. The van der Waals surface area contributed by atoms with Crippen molar-refractivity contribution in [1.29, 1.82) is 0 Å². The van der Waals surface area contributed by atoms with E-state index in [9.17, 15) is 0 Å². The molecular weight excluding hydrogens is 179 g/mol. The number of hydrogen-bond acceptors (Lipinski definition) is 3. The highest BCUT2D eigenvalue weighted by Gasteiger charge is 2.09. The van der Waals surface area contributed by atoms with Gasteiger partial charge in [-0.2, -0.15) is 0 Å². The minimum atomic E-state index is -1.42. The highest BCUT2D eigenvalue weighted by molar-refractivity contribution is 6.58. The molecule has 0 radical (unpaired) electrons. The van der Waals surface area contributed by atoms with Gasteiger partial charge in [-0.3, -0.25) is 0 Å². The first kappa shape index (κ1) is 10.8. The summed E-state index contributed by atoms with van der Waals surface area (Å²) in [6.07, 6.45) is 3.81. The van der Waals surface area contributed by atoms with Gasteiger partial charge in [0.1, 0.15) is 12.4 Å². The minimum Gasteiger partial charge on any atom is -0.490 e. The first-order valence-corrected chi connectivity index (χ1v) is 4.44. The summed E-state index contributed by atoms with van der Waals surface area (Å²) in [6, 6.07) is 6.65. The van der Waals surface area contributed by atoms with E-state index in [-0.39, 0.29) is 0 Å². The van der Waals surface area contributed by atoms with E-state index in [0.717, 1.165) is 0 Å². The third-order valence-electron chi connectivity index (χ3n) is 1.76. The van der Waals surface area contributed by atoms with Crippen molar-refractivity contribution in [3.05, 3.63) is 36.4 Å². The first-order chi connectivity index (χ1) is 6.74. The average molecular weight is 192 g/mol. The monoisotopic (exact) mass is 192 g/mol. The van der Waals surface area contributed by atoms with Gasteiger partial charge in [-0.1, -0.05) is 24.3 Å². The second kappa shape index (κ2) is 5.47. The molecule has 0 fully saturated rings. The fraction of sp³-hybridized carbons (Fsp3) is 0.200. The first-order valence-electron chi connectivity index (χ1n) is 4.44. The summed E-state index contributed by atoms with van der Waals surface area (Å²) in [5.74, 6) is 0.715. The molecule has 0 aromatic heterocycles. The van der Waals surface area contributed by atoms with Crippen molar-refractivity contribution >= 4 is 12.6 Å². The Morgan fingerprint density at radius 3 is 2.43 bits per heavy atom. The molecule has 0 atom stereocenters. The van der Waals surface area contributed by atoms with Crippen molar-refractivity contribution in [1.82, 2.24) is 0 Å². The van der Waals surface area contributed by atoms with E-state index in [1.807, 2.05) is 19.1 Å². The van der Waals surface area contributed by atoms with Crippen LogP contribution >= 0.6 is 0 Å². The van der Waals surface area contributed by atoms with Gasteiger partial charge in [0, 0.05) is 0 Å². The molecule has 1 rings (SSSR count). The number of rotatable bonds is 4. The van der Waals surface area contributed by atoms with Crippen LogP contribution in [0.25, 0.3) is 0 Å². The van der Waals surface area contributed by atoms with Crippen molar-refractivity contribution in [2.45, 2.75) is 6.92 Å². The summed E-state index contributed by atoms with van der Waals surface area (Å²) >= 11 is 0. The molecule has 0 unspecified atom stereocenters. The Morgan fingerprint density at radius 1 is 1.29 bits per heavy atom. The zero-order chi connectivity index (χ0) is 10.4. The molecule has 0 saturated carbocycles. The van der Waals surface area contributed by atoms with E-state index in [0.29, 0.717) is 17.8 Å². The lowest BCUT2D eigenvalue weighted by molar-refractivity contribution is 0.363. The van der Waals surface area contributed by atoms with Gasteiger partial charge in [0.05, 0.1) is 0 Å². The Labute approximate surface area is 83.8 Å². The zero-order valence-corrected chi connectivity index (χ0v) is 8.05. The lowest BCUT2D eigenvalue weighted by Crippen LogP contribution is -2.29. The van der Waals surface area contributed by atoms with Crippen molar-refractivity contribution in [2.75, 3.05) is 6.61 Å². The normalized spacial score (nSPS) is 10.5. The Balaban J connectivity index is 2.55. The maximum atomic E-state index is 8.83. The van der Waals surface area contributed by atoms with Gasteiger partial charge in [0.25, 0.3) is 0 Å². The molecule has 4 heteroatoms. The molecule has 0 aliphatic rings. The van der Waals surface area contributed by atoms with E-state index in [4.69, 9.17) is 14.8 Å². The Bertz CT molecular complexity index is 293. The van der Waals surface area contributed by atoms with Gasteiger partial charge in [-0.25, -0.2) is 0 Å². The third kappa shape index (κ3) is 3.24. The average Bonchev–Trinajstić information content (AvgIpc) is 2.19. The summed E-state index contributed by atoms with van der Waals surface area (Å²) < 4.78 is 5.33. The topological polar surface area (TPSA) is 49.7 Å². The van der Waals surface area contributed by atoms with Crippen LogP contribution in [-0.4, -0.2) is 23.8 Å². The summed E-state index contributed by atoms with van der Waals surface area (Å²) in [7, 11) is -1.42. The van der Waals surface area contributed by atoms with Crippen LogP contribution in [0.3, 0.4) is 0 Å². The standard InChI is InChI=1S/C10H13BO3/c1-2-3-8-14-10-6-4-9(5-7-10)11(12)13/h2-7,12-13H,8H2,1H3/b3-2-. The minimum absolute atomic E-state index is 0.461. The maximum Gasteiger partial charge on any atom is 0.488 e. The van der Waals surface area contributed by atoms with Crippen molar-refractivity contribution in [3.63, 3.8) is 0 Å². The van der Waals surface area contributed by atoms with Crippen LogP contribution in [0.15, 0.2) is 36.4 Å². The Kier molecular flexibility index (Phi) is 4.23. The molecule has 0 bridgehead atoms. The molecule has 1 aromatic carbocycles. The smallest absolute Gasteiger partial charge is 0.488 e. The van der Waals surface area contributed by atoms with Gasteiger partial charge in [0.15, 0.2) is 0 Å².